The van der Waals surface area contributed by atoms with Crippen molar-refractivity contribution in [3.05, 3.63) is 11.6 Å². The number of hydrogen-bond donors (Lipinski definition) is 0. The average molecular weight is 254 g/mol. The third-order valence-corrected chi connectivity index (χ3v) is 5.22. The summed E-state index contributed by atoms with van der Waals surface area (Å²) in [6.07, 6.45) is 10.8. The lowest BCUT2D eigenvalue weighted by molar-refractivity contribution is 0.358. The van der Waals surface area contributed by atoms with Gasteiger partial charge in [-0.05, 0) is 57.4 Å². The fourth-order valence-corrected chi connectivity index (χ4v) is 4.34. The van der Waals surface area contributed by atoms with E-state index in [0.29, 0.717) is 0 Å². The van der Waals surface area contributed by atoms with E-state index in [2.05, 4.69) is 24.8 Å². The van der Waals surface area contributed by atoms with E-state index in [1.807, 2.05) is 0 Å². The van der Waals surface area contributed by atoms with Crippen LogP contribution in [0.25, 0.3) is 0 Å². The van der Waals surface area contributed by atoms with Gasteiger partial charge >= 0.3 is 0 Å². The normalized spacial score (nSPS) is 17.1. The van der Waals surface area contributed by atoms with Gasteiger partial charge in [-0.3, -0.25) is 0 Å². The van der Waals surface area contributed by atoms with Gasteiger partial charge in [-0.15, -0.1) is 0 Å². The molecule has 0 aromatic heterocycles. The molecule has 0 radical (unpaired) electrons. The van der Waals surface area contributed by atoms with Crippen LogP contribution in [0.5, 0.6) is 0 Å². The van der Waals surface area contributed by atoms with Crippen molar-refractivity contribution in [1.29, 1.82) is 0 Å². The molecular formula is C15H31NSi. The monoisotopic (exact) mass is 253 g/mol. The quantitative estimate of drug-likeness (QED) is 0.345. The Labute approximate surface area is 110 Å². The fourth-order valence-electron chi connectivity index (χ4n) is 2.76. The van der Waals surface area contributed by atoms with E-state index < -0.39 is 0 Å². The van der Waals surface area contributed by atoms with Gasteiger partial charge in [0.2, 0.25) is 0 Å². The summed E-state index contributed by atoms with van der Waals surface area (Å²) in [5.74, 6) is 0. The summed E-state index contributed by atoms with van der Waals surface area (Å²) < 4.78 is 0. The first kappa shape index (κ1) is 15.0. The summed E-state index contributed by atoms with van der Waals surface area (Å²) in [5, 5.41) is 0. The van der Waals surface area contributed by atoms with Gasteiger partial charge < -0.3 is 4.90 Å². The minimum atomic E-state index is 0.183. The summed E-state index contributed by atoms with van der Waals surface area (Å²) >= 11 is 0. The maximum atomic E-state index is 2.66. The summed E-state index contributed by atoms with van der Waals surface area (Å²) in [5.41, 5.74) is 1.74. The van der Waals surface area contributed by atoms with Crippen LogP contribution in [-0.4, -0.2) is 34.1 Å². The molecule has 0 N–H and O–H groups in total. The maximum absolute atomic E-state index is 2.66. The largest absolute Gasteiger partial charge is 0.304 e. The Kier molecular flexibility index (Phi) is 8.72. The van der Waals surface area contributed by atoms with Gasteiger partial charge in [-0.2, -0.15) is 0 Å². The molecule has 1 heterocycles. The molecule has 17 heavy (non-hydrogen) atoms. The number of rotatable bonds is 9. The molecule has 1 rings (SSSR count). The van der Waals surface area contributed by atoms with E-state index in [9.17, 15) is 0 Å². The van der Waals surface area contributed by atoms with Crippen LogP contribution in [0, 0.1) is 0 Å². The van der Waals surface area contributed by atoms with E-state index in [1.54, 1.807) is 5.57 Å². The standard InChI is InChI=1S/C15H31NSi/c1-3-7-15(8-4-2)9-13-17-14-12-16-10-5-6-11-16/h9H,3-8,10-14,17H2,1-2H3. The third-order valence-electron chi connectivity index (χ3n) is 3.70. The molecule has 1 fully saturated rings. The summed E-state index contributed by atoms with van der Waals surface area (Å²) in [4.78, 5) is 2.66. The average Bonchev–Trinajstić information content (AvgIpc) is 2.82. The Balaban J connectivity index is 2.05. The molecule has 1 aliphatic heterocycles. The van der Waals surface area contributed by atoms with E-state index in [-0.39, 0.29) is 9.52 Å². The first-order chi connectivity index (χ1) is 8.36. The van der Waals surface area contributed by atoms with Crippen molar-refractivity contribution in [2.75, 3.05) is 19.6 Å². The van der Waals surface area contributed by atoms with Crippen molar-refractivity contribution in [1.82, 2.24) is 4.90 Å². The molecule has 100 valence electrons. The van der Waals surface area contributed by atoms with Crippen molar-refractivity contribution in [2.45, 2.75) is 64.5 Å². The number of allylic oxidation sites excluding steroid dienone is 2. The zero-order valence-corrected chi connectivity index (χ0v) is 13.4. The highest BCUT2D eigenvalue weighted by Gasteiger charge is 2.09. The van der Waals surface area contributed by atoms with Crippen LogP contribution in [0.1, 0.15) is 52.4 Å². The molecule has 0 aliphatic carbocycles. The van der Waals surface area contributed by atoms with Crippen LogP contribution >= 0.6 is 0 Å². The molecule has 1 nitrogen and oxygen atoms in total. The van der Waals surface area contributed by atoms with Gasteiger partial charge in [0.15, 0.2) is 0 Å². The first-order valence-corrected chi connectivity index (χ1v) is 9.77. The van der Waals surface area contributed by atoms with E-state index in [1.165, 1.54) is 70.2 Å². The fraction of sp³-hybridized carbons (Fsp3) is 0.867. The van der Waals surface area contributed by atoms with E-state index in [0.717, 1.165) is 0 Å². The molecule has 0 aromatic rings. The second-order valence-corrected chi connectivity index (χ2v) is 7.40. The lowest BCUT2D eigenvalue weighted by Crippen LogP contribution is -2.21. The van der Waals surface area contributed by atoms with Crippen molar-refractivity contribution in [2.24, 2.45) is 0 Å². The van der Waals surface area contributed by atoms with E-state index in [4.69, 9.17) is 0 Å². The highest BCUT2D eigenvalue weighted by atomic mass is 28.2. The Bertz CT molecular complexity index is 199. The van der Waals surface area contributed by atoms with Gasteiger partial charge in [0, 0.05) is 9.52 Å². The lowest BCUT2D eigenvalue weighted by atomic mass is 10.1. The summed E-state index contributed by atoms with van der Waals surface area (Å²) in [7, 11) is 0.183. The van der Waals surface area contributed by atoms with Crippen LogP contribution in [-0.2, 0) is 0 Å². The van der Waals surface area contributed by atoms with Crippen LogP contribution in [0.2, 0.25) is 12.1 Å². The van der Waals surface area contributed by atoms with Gasteiger partial charge in [-0.1, -0.05) is 38.3 Å². The smallest absolute Gasteiger partial charge is 0.0254 e. The van der Waals surface area contributed by atoms with Gasteiger partial charge in [0.05, 0.1) is 0 Å². The Morgan fingerprint density at radius 1 is 1.12 bits per heavy atom. The van der Waals surface area contributed by atoms with Gasteiger partial charge in [-0.25, -0.2) is 0 Å². The SMILES string of the molecule is CCCC(=CC[SiH2]CCN1CCCC1)CCC. The summed E-state index contributed by atoms with van der Waals surface area (Å²) in [6, 6.07) is 2.98. The molecule has 0 unspecified atom stereocenters. The molecule has 0 amide bonds. The van der Waals surface area contributed by atoms with Crippen LogP contribution in [0.4, 0.5) is 0 Å². The second-order valence-electron chi connectivity index (χ2n) is 5.41. The molecule has 0 atom stereocenters. The van der Waals surface area contributed by atoms with Crippen molar-refractivity contribution in [3.8, 4) is 0 Å². The second kappa shape index (κ2) is 9.90. The topological polar surface area (TPSA) is 3.24 Å². The van der Waals surface area contributed by atoms with E-state index >= 15 is 0 Å². The zero-order chi connectivity index (χ0) is 12.3. The molecule has 1 aliphatic rings. The number of likely N-dealkylation sites (tertiary alicyclic amines) is 1. The minimum absolute atomic E-state index is 0.183. The maximum Gasteiger partial charge on any atom is 0.0254 e. The Morgan fingerprint density at radius 2 is 1.76 bits per heavy atom. The predicted molar refractivity (Wildman–Crippen MR) is 81.7 cm³/mol. The van der Waals surface area contributed by atoms with Crippen molar-refractivity contribution >= 4 is 9.52 Å². The van der Waals surface area contributed by atoms with Gasteiger partial charge in [0.1, 0.15) is 0 Å². The third kappa shape index (κ3) is 7.05. The molecule has 0 saturated carbocycles. The van der Waals surface area contributed by atoms with Crippen LogP contribution < -0.4 is 0 Å². The number of hydrogen-bond acceptors (Lipinski definition) is 1. The molecule has 0 aromatic carbocycles. The van der Waals surface area contributed by atoms with Crippen molar-refractivity contribution < 1.29 is 0 Å². The zero-order valence-electron chi connectivity index (χ0n) is 12.0. The van der Waals surface area contributed by atoms with Crippen LogP contribution in [0.3, 0.4) is 0 Å². The lowest BCUT2D eigenvalue weighted by Gasteiger charge is -2.13. The van der Waals surface area contributed by atoms with Gasteiger partial charge in [0.25, 0.3) is 0 Å². The number of nitrogens with zero attached hydrogens (tertiary/aromatic N) is 1. The van der Waals surface area contributed by atoms with Crippen molar-refractivity contribution in [3.63, 3.8) is 0 Å². The minimum Gasteiger partial charge on any atom is -0.304 e. The van der Waals surface area contributed by atoms with Crippen LogP contribution in [0.15, 0.2) is 11.6 Å². The Morgan fingerprint density at radius 3 is 2.35 bits per heavy atom. The Hall–Kier alpha value is -0.0831. The molecule has 0 spiro atoms. The molecule has 2 heteroatoms. The summed E-state index contributed by atoms with van der Waals surface area (Å²) in [6.45, 7) is 8.75. The highest BCUT2D eigenvalue weighted by molar-refractivity contribution is 6.36. The predicted octanol–water partition coefficient (Wildman–Crippen LogP) is 3.61. The molecule has 0 bridgehead atoms. The first-order valence-electron chi connectivity index (χ1n) is 7.77. The molecular weight excluding hydrogens is 222 g/mol. The highest BCUT2D eigenvalue weighted by Crippen LogP contribution is 2.13. The molecule has 1 saturated heterocycles.